The Morgan fingerprint density at radius 2 is 2.25 bits per heavy atom. The van der Waals surface area contributed by atoms with Gasteiger partial charge >= 0.3 is 5.97 Å². The van der Waals surface area contributed by atoms with Crippen LogP contribution in [0.4, 0.5) is 5.69 Å². The summed E-state index contributed by atoms with van der Waals surface area (Å²) in [5, 5.41) is 10.5. The molecule has 1 aliphatic heterocycles. The van der Waals surface area contributed by atoms with E-state index >= 15 is 0 Å². The molecule has 2 N–H and O–H groups in total. The first-order chi connectivity index (χ1) is 9.63. The van der Waals surface area contributed by atoms with E-state index in [9.17, 15) is 9.59 Å². The van der Waals surface area contributed by atoms with E-state index in [2.05, 4.69) is 5.32 Å². The zero-order valence-corrected chi connectivity index (χ0v) is 11.1. The molecular formula is C14H16N2O4. The van der Waals surface area contributed by atoms with Gasteiger partial charge in [0.1, 0.15) is 12.3 Å². The third kappa shape index (κ3) is 3.03. The summed E-state index contributed by atoms with van der Waals surface area (Å²) in [5.41, 5.74) is 1.24. The van der Waals surface area contributed by atoms with Crippen LogP contribution in [0.3, 0.4) is 0 Å². The summed E-state index contributed by atoms with van der Waals surface area (Å²) in [4.78, 5) is 23.0. The Morgan fingerprint density at radius 3 is 2.90 bits per heavy atom. The Labute approximate surface area is 116 Å². The van der Waals surface area contributed by atoms with Gasteiger partial charge in [0, 0.05) is 12.8 Å². The molecule has 0 spiro atoms. The number of hydrogen-bond donors (Lipinski definition) is 2. The van der Waals surface area contributed by atoms with Crippen LogP contribution in [-0.2, 0) is 19.1 Å². The maximum atomic E-state index is 11.7. The Balaban J connectivity index is 2.16. The first-order valence-corrected chi connectivity index (χ1v) is 6.26. The number of anilines is 1. The van der Waals surface area contributed by atoms with Crippen LogP contribution >= 0.6 is 0 Å². The fraction of sp³-hybridized carbons (Fsp3) is 0.357. The number of carbonyl (C=O) groups excluding carboxylic acids is 2. The fourth-order valence-corrected chi connectivity index (χ4v) is 2.03. The molecule has 1 unspecified atom stereocenters. The summed E-state index contributed by atoms with van der Waals surface area (Å²) < 4.78 is 9.71. The summed E-state index contributed by atoms with van der Waals surface area (Å²) in [5.74, 6) is -1.20. The van der Waals surface area contributed by atoms with Crippen molar-refractivity contribution in [2.24, 2.45) is 0 Å². The second-order valence-corrected chi connectivity index (χ2v) is 4.44. The molecule has 0 aliphatic carbocycles. The highest BCUT2D eigenvalue weighted by Crippen LogP contribution is 2.29. The van der Waals surface area contributed by atoms with E-state index in [-0.39, 0.29) is 24.6 Å². The fourth-order valence-electron chi connectivity index (χ4n) is 2.03. The number of cyclic esters (lactones) is 1. The van der Waals surface area contributed by atoms with Crippen LogP contribution < -0.4 is 5.32 Å². The van der Waals surface area contributed by atoms with Gasteiger partial charge in [-0.1, -0.05) is 18.2 Å². The number of para-hydroxylation sites is 1. The number of esters is 1. The van der Waals surface area contributed by atoms with Gasteiger partial charge in [0.15, 0.2) is 0 Å². The molecule has 1 fully saturated rings. The molecule has 0 bridgehead atoms. The highest BCUT2D eigenvalue weighted by atomic mass is 16.5. The quantitative estimate of drug-likeness (QED) is 0.794. The van der Waals surface area contributed by atoms with Crippen molar-refractivity contribution < 1.29 is 19.1 Å². The standard InChI is InChI=1S/C14H16N2O4/c1-19-7-6-12(17)16-11-5-3-2-4-9(11)10-8-20-14(18)13(10)15/h2-5,10,15H,6-8H2,1H3,(H,16,17). The van der Waals surface area contributed by atoms with Crippen LogP contribution in [-0.4, -0.2) is 37.9 Å². The second-order valence-electron chi connectivity index (χ2n) is 4.44. The number of ether oxygens (including phenoxy) is 2. The van der Waals surface area contributed by atoms with Crippen molar-refractivity contribution in [3.63, 3.8) is 0 Å². The van der Waals surface area contributed by atoms with Crippen LogP contribution in [0, 0.1) is 5.41 Å². The summed E-state index contributed by atoms with van der Waals surface area (Å²) in [6.45, 7) is 0.484. The van der Waals surface area contributed by atoms with Gasteiger partial charge in [0.2, 0.25) is 5.91 Å². The number of carbonyl (C=O) groups is 2. The first kappa shape index (κ1) is 14.2. The minimum atomic E-state index is -0.601. The largest absolute Gasteiger partial charge is 0.460 e. The average Bonchev–Trinajstić information content (AvgIpc) is 2.77. The van der Waals surface area contributed by atoms with Crippen molar-refractivity contribution in [1.29, 1.82) is 5.41 Å². The zero-order valence-electron chi connectivity index (χ0n) is 11.1. The van der Waals surface area contributed by atoms with E-state index in [1.165, 1.54) is 7.11 Å². The predicted octanol–water partition coefficient (Wildman–Crippen LogP) is 1.32. The maximum Gasteiger partial charge on any atom is 0.352 e. The van der Waals surface area contributed by atoms with Gasteiger partial charge in [-0.2, -0.15) is 0 Å². The molecule has 2 rings (SSSR count). The van der Waals surface area contributed by atoms with E-state index in [0.717, 1.165) is 0 Å². The molecule has 0 aromatic heterocycles. The molecule has 1 aromatic rings. The van der Waals surface area contributed by atoms with Crippen LogP contribution in [0.25, 0.3) is 0 Å². The van der Waals surface area contributed by atoms with E-state index < -0.39 is 11.9 Å². The third-order valence-electron chi connectivity index (χ3n) is 3.09. The molecule has 1 aliphatic rings. The Bertz CT molecular complexity index is 542. The lowest BCUT2D eigenvalue weighted by molar-refractivity contribution is -0.132. The number of rotatable bonds is 5. The molecule has 1 amide bonds. The summed E-state index contributed by atoms with van der Waals surface area (Å²) in [6, 6.07) is 7.12. The molecule has 106 valence electrons. The third-order valence-corrected chi connectivity index (χ3v) is 3.09. The minimum absolute atomic E-state index is 0.0800. The molecule has 6 nitrogen and oxygen atoms in total. The number of amides is 1. The maximum absolute atomic E-state index is 11.7. The monoisotopic (exact) mass is 276 g/mol. The van der Waals surface area contributed by atoms with Crippen LogP contribution in [0.5, 0.6) is 0 Å². The topological polar surface area (TPSA) is 88.5 Å². The van der Waals surface area contributed by atoms with Gasteiger partial charge in [-0.05, 0) is 11.6 Å². The number of benzene rings is 1. The first-order valence-electron chi connectivity index (χ1n) is 6.26. The molecule has 0 saturated carbocycles. The minimum Gasteiger partial charge on any atom is -0.460 e. The van der Waals surface area contributed by atoms with Gasteiger partial charge in [-0.3, -0.25) is 10.2 Å². The lowest BCUT2D eigenvalue weighted by atomic mass is 9.95. The zero-order chi connectivity index (χ0) is 14.5. The van der Waals surface area contributed by atoms with Crippen molar-refractivity contribution in [1.82, 2.24) is 0 Å². The normalized spacial score (nSPS) is 17.9. The number of hydrogen-bond acceptors (Lipinski definition) is 5. The smallest absolute Gasteiger partial charge is 0.352 e. The van der Waals surface area contributed by atoms with Gasteiger partial charge in [-0.25, -0.2) is 4.79 Å². The summed E-state index contributed by atoms with van der Waals surface area (Å²) in [7, 11) is 1.53. The molecule has 1 aromatic carbocycles. The molecule has 1 heterocycles. The van der Waals surface area contributed by atoms with Crippen molar-refractivity contribution in [3.8, 4) is 0 Å². The molecule has 0 radical (unpaired) electrons. The summed E-state index contributed by atoms with van der Waals surface area (Å²) >= 11 is 0. The molecule has 20 heavy (non-hydrogen) atoms. The van der Waals surface area contributed by atoms with E-state index in [1.54, 1.807) is 24.3 Å². The van der Waals surface area contributed by atoms with Gasteiger partial charge in [0.05, 0.1) is 18.9 Å². The van der Waals surface area contributed by atoms with Gasteiger partial charge < -0.3 is 14.8 Å². The Hall–Kier alpha value is -2.21. The molecule has 6 heteroatoms. The van der Waals surface area contributed by atoms with E-state index in [0.29, 0.717) is 17.9 Å². The van der Waals surface area contributed by atoms with Crippen molar-refractivity contribution in [2.45, 2.75) is 12.3 Å². The summed E-state index contributed by atoms with van der Waals surface area (Å²) in [6.07, 6.45) is 0.252. The van der Waals surface area contributed by atoms with Crippen LogP contribution in [0.15, 0.2) is 24.3 Å². The number of methoxy groups -OCH3 is 1. The molecule has 1 atom stereocenters. The van der Waals surface area contributed by atoms with Crippen molar-refractivity contribution in [3.05, 3.63) is 29.8 Å². The SMILES string of the molecule is COCCC(=O)Nc1ccccc1C1COC(=O)C1=N. The lowest BCUT2D eigenvalue weighted by Crippen LogP contribution is -2.18. The van der Waals surface area contributed by atoms with Gasteiger partial charge in [0.25, 0.3) is 0 Å². The van der Waals surface area contributed by atoms with Crippen LogP contribution in [0.2, 0.25) is 0 Å². The lowest BCUT2D eigenvalue weighted by Gasteiger charge is -2.14. The predicted molar refractivity (Wildman–Crippen MR) is 73.0 cm³/mol. The van der Waals surface area contributed by atoms with E-state index in [4.69, 9.17) is 14.9 Å². The van der Waals surface area contributed by atoms with E-state index in [1.807, 2.05) is 0 Å². The second kappa shape index (κ2) is 6.29. The highest BCUT2D eigenvalue weighted by molar-refractivity contribution is 6.39. The number of nitrogens with one attached hydrogen (secondary N) is 2. The van der Waals surface area contributed by atoms with Crippen molar-refractivity contribution >= 4 is 23.3 Å². The average molecular weight is 276 g/mol. The van der Waals surface area contributed by atoms with Crippen molar-refractivity contribution in [2.75, 3.05) is 25.6 Å². The Kier molecular flexibility index (Phi) is 4.47. The molecule has 1 saturated heterocycles. The van der Waals surface area contributed by atoms with Gasteiger partial charge in [-0.15, -0.1) is 0 Å². The highest BCUT2D eigenvalue weighted by Gasteiger charge is 2.33. The Morgan fingerprint density at radius 1 is 1.50 bits per heavy atom. The molecular weight excluding hydrogens is 260 g/mol. The van der Waals surface area contributed by atoms with Crippen LogP contribution in [0.1, 0.15) is 17.9 Å².